The van der Waals surface area contributed by atoms with E-state index in [-0.39, 0.29) is 5.11 Å². The zero-order chi connectivity index (χ0) is 20.7. The van der Waals surface area contributed by atoms with Gasteiger partial charge in [0, 0.05) is 11.1 Å². The molecule has 0 radical (unpaired) electrons. The molecule has 0 aliphatic rings. The van der Waals surface area contributed by atoms with Gasteiger partial charge in [-0.2, -0.15) is 0 Å². The zero-order valence-electron chi connectivity index (χ0n) is 14.1. The highest BCUT2D eigenvalue weighted by molar-refractivity contribution is 7.80. The van der Waals surface area contributed by atoms with Crippen molar-refractivity contribution in [3.05, 3.63) is 70.2 Å². The summed E-state index contributed by atoms with van der Waals surface area (Å²) in [6.45, 7) is 0. The zero-order valence-corrected chi connectivity index (χ0v) is 18.7. The van der Waals surface area contributed by atoms with Gasteiger partial charge in [0.1, 0.15) is 6.17 Å². The highest BCUT2D eigenvalue weighted by atomic mass is 35.6. The van der Waals surface area contributed by atoms with E-state index in [0.717, 1.165) is 5.56 Å². The first kappa shape index (κ1) is 23.1. The van der Waals surface area contributed by atoms with Crippen molar-refractivity contribution in [1.29, 1.82) is 0 Å². The van der Waals surface area contributed by atoms with Crippen LogP contribution in [-0.2, 0) is 4.79 Å². The molecule has 0 spiro atoms. The smallest absolute Gasteiger partial charge is 0.245 e. The van der Waals surface area contributed by atoms with Crippen LogP contribution in [0.15, 0.2) is 54.6 Å². The Bertz CT molecular complexity index is 871. The third kappa shape index (κ3) is 7.66. The van der Waals surface area contributed by atoms with Crippen LogP contribution in [-0.4, -0.2) is 21.0 Å². The molecule has 10 heteroatoms. The molecule has 0 heterocycles. The van der Waals surface area contributed by atoms with E-state index in [1.165, 1.54) is 6.08 Å². The summed E-state index contributed by atoms with van der Waals surface area (Å²) in [6.07, 6.45) is 1.85. The first-order valence-corrected chi connectivity index (χ1v) is 10.1. The molecule has 0 aliphatic heterocycles. The van der Waals surface area contributed by atoms with Gasteiger partial charge in [-0.1, -0.05) is 88.3 Å². The molecule has 28 heavy (non-hydrogen) atoms. The Morgan fingerprint density at radius 1 is 1.04 bits per heavy atom. The summed E-state index contributed by atoms with van der Waals surface area (Å²) in [5.41, 5.74) is 1.31. The number of hydrogen-bond acceptors (Lipinski definition) is 2. The Kier molecular flexibility index (Phi) is 8.68. The lowest BCUT2D eigenvalue weighted by Crippen LogP contribution is -2.55. The Balaban J connectivity index is 2.03. The Morgan fingerprint density at radius 3 is 2.36 bits per heavy atom. The SMILES string of the molecule is O=C(/C=C/c1ccccc1)NC(NC(=S)Nc1cc(Cl)ccc1Cl)C(Cl)(Cl)Cl. The topological polar surface area (TPSA) is 53.2 Å². The van der Waals surface area contributed by atoms with E-state index in [9.17, 15) is 4.79 Å². The molecule has 1 unspecified atom stereocenters. The maximum Gasteiger partial charge on any atom is 0.245 e. The van der Waals surface area contributed by atoms with E-state index >= 15 is 0 Å². The predicted octanol–water partition coefficient (Wildman–Crippen LogP) is 5.81. The normalized spacial score (nSPS) is 12.5. The molecular formula is C18H14Cl5N3OS. The molecule has 3 N–H and O–H groups in total. The fraction of sp³-hybridized carbons (Fsp3) is 0.111. The summed E-state index contributed by atoms with van der Waals surface area (Å²) in [5.74, 6) is -0.476. The standard InChI is InChI=1S/C18H14Cl5N3OS/c19-12-7-8-13(20)14(10-12)24-17(28)26-16(18(21,22)23)25-15(27)9-6-11-4-2-1-3-5-11/h1-10,16H,(H,25,27)(H2,24,26,28)/b9-6+. The quantitative estimate of drug-likeness (QED) is 0.211. The molecule has 0 aromatic heterocycles. The summed E-state index contributed by atoms with van der Waals surface area (Å²) >= 11 is 35.1. The summed E-state index contributed by atoms with van der Waals surface area (Å²) in [6, 6.07) is 14.1. The molecule has 2 aromatic carbocycles. The number of benzene rings is 2. The molecule has 0 saturated heterocycles. The first-order valence-electron chi connectivity index (χ1n) is 7.78. The molecule has 4 nitrogen and oxygen atoms in total. The number of hydrogen-bond donors (Lipinski definition) is 3. The Morgan fingerprint density at radius 2 is 1.71 bits per heavy atom. The van der Waals surface area contributed by atoms with Crippen molar-refractivity contribution in [2.75, 3.05) is 5.32 Å². The minimum absolute atomic E-state index is 0.0767. The monoisotopic (exact) mass is 495 g/mol. The fourth-order valence-electron chi connectivity index (χ4n) is 2.01. The van der Waals surface area contributed by atoms with Crippen LogP contribution in [0.1, 0.15) is 5.56 Å². The molecule has 0 saturated carbocycles. The van der Waals surface area contributed by atoms with Crippen molar-refractivity contribution >= 4 is 93.0 Å². The van der Waals surface area contributed by atoms with Gasteiger partial charge in [0.25, 0.3) is 0 Å². The number of nitrogens with one attached hydrogen (secondary N) is 3. The second kappa shape index (κ2) is 10.5. The summed E-state index contributed by atoms with van der Waals surface area (Å²) in [7, 11) is 0. The van der Waals surface area contributed by atoms with Gasteiger partial charge in [-0.05, 0) is 42.1 Å². The lowest BCUT2D eigenvalue weighted by molar-refractivity contribution is -0.117. The lowest BCUT2D eigenvalue weighted by atomic mass is 10.2. The maximum atomic E-state index is 12.2. The van der Waals surface area contributed by atoms with Gasteiger partial charge in [-0.3, -0.25) is 4.79 Å². The third-order valence-corrected chi connectivity index (χ3v) is 4.73. The van der Waals surface area contributed by atoms with Crippen LogP contribution in [0.3, 0.4) is 0 Å². The molecule has 0 fully saturated rings. The van der Waals surface area contributed by atoms with E-state index in [2.05, 4.69) is 16.0 Å². The van der Waals surface area contributed by atoms with Crippen LogP contribution in [0.2, 0.25) is 10.0 Å². The summed E-state index contributed by atoms with van der Waals surface area (Å²) < 4.78 is -1.87. The van der Waals surface area contributed by atoms with Crippen molar-refractivity contribution in [2.24, 2.45) is 0 Å². The lowest BCUT2D eigenvalue weighted by Gasteiger charge is -2.27. The van der Waals surface area contributed by atoms with Crippen molar-refractivity contribution in [3.63, 3.8) is 0 Å². The predicted molar refractivity (Wildman–Crippen MR) is 124 cm³/mol. The molecule has 0 aliphatic carbocycles. The van der Waals surface area contributed by atoms with E-state index in [1.807, 2.05) is 30.3 Å². The van der Waals surface area contributed by atoms with Gasteiger partial charge in [0.15, 0.2) is 5.11 Å². The fourth-order valence-corrected chi connectivity index (χ4v) is 2.90. The van der Waals surface area contributed by atoms with Crippen LogP contribution in [0.25, 0.3) is 6.08 Å². The van der Waals surface area contributed by atoms with Crippen molar-refractivity contribution in [1.82, 2.24) is 10.6 Å². The van der Waals surface area contributed by atoms with Crippen molar-refractivity contribution in [3.8, 4) is 0 Å². The minimum Gasteiger partial charge on any atom is -0.339 e. The number of alkyl halides is 3. The summed E-state index contributed by atoms with van der Waals surface area (Å²) in [4.78, 5) is 12.2. The van der Waals surface area contributed by atoms with Crippen LogP contribution >= 0.6 is 70.2 Å². The van der Waals surface area contributed by atoms with E-state index in [1.54, 1.807) is 24.3 Å². The van der Waals surface area contributed by atoms with E-state index in [0.29, 0.717) is 15.7 Å². The molecule has 2 aromatic rings. The molecule has 2 rings (SSSR count). The number of thiocarbonyl (C=S) groups is 1. The van der Waals surface area contributed by atoms with Crippen molar-refractivity contribution < 1.29 is 4.79 Å². The van der Waals surface area contributed by atoms with Gasteiger partial charge in [-0.15, -0.1) is 0 Å². The number of carbonyl (C=O) groups is 1. The Hall–Kier alpha value is -1.21. The van der Waals surface area contributed by atoms with Gasteiger partial charge >= 0.3 is 0 Å². The minimum atomic E-state index is -1.87. The molecule has 1 amide bonds. The van der Waals surface area contributed by atoms with E-state index in [4.69, 9.17) is 70.2 Å². The van der Waals surface area contributed by atoms with Crippen LogP contribution in [0, 0.1) is 0 Å². The second-order valence-electron chi connectivity index (χ2n) is 5.45. The highest BCUT2D eigenvalue weighted by Gasteiger charge is 2.34. The number of anilines is 1. The number of carbonyl (C=O) groups excluding carboxylic acids is 1. The van der Waals surface area contributed by atoms with Gasteiger partial charge in [0.2, 0.25) is 9.70 Å². The van der Waals surface area contributed by atoms with Crippen molar-refractivity contribution in [2.45, 2.75) is 9.96 Å². The molecule has 0 bridgehead atoms. The van der Waals surface area contributed by atoms with Crippen LogP contribution in [0.4, 0.5) is 5.69 Å². The second-order valence-corrected chi connectivity index (χ2v) is 9.07. The summed E-state index contributed by atoms with van der Waals surface area (Å²) in [5, 5.41) is 9.07. The highest BCUT2D eigenvalue weighted by Crippen LogP contribution is 2.30. The van der Waals surface area contributed by atoms with Gasteiger partial charge in [-0.25, -0.2) is 0 Å². The maximum absolute atomic E-state index is 12.2. The average molecular weight is 498 g/mol. The number of amides is 1. The molecular weight excluding hydrogens is 484 g/mol. The number of halogens is 5. The van der Waals surface area contributed by atoms with Gasteiger partial charge in [0.05, 0.1) is 10.7 Å². The van der Waals surface area contributed by atoms with E-state index < -0.39 is 15.9 Å². The average Bonchev–Trinajstić information content (AvgIpc) is 2.62. The van der Waals surface area contributed by atoms with Crippen LogP contribution < -0.4 is 16.0 Å². The van der Waals surface area contributed by atoms with Crippen LogP contribution in [0.5, 0.6) is 0 Å². The Labute approximate surface area is 193 Å². The largest absolute Gasteiger partial charge is 0.339 e. The van der Waals surface area contributed by atoms with Gasteiger partial charge < -0.3 is 16.0 Å². The third-order valence-electron chi connectivity index (χ3n) is 3.29. The first-order chi connectivity index (χ1) is 13.1. The molecule has 148 valence electrons. The number of rotatable bonds is 5. The molecule has 1 atom stereocenters.